The molecule has 154 valence electrons. The number of halogens is 2. The molecule has 0 aliphatic carbocycles. The van der Waals surface area contributed by atoms with Crippen molar-refractivity contribution >= 4 is 30.1 Å². The molecule has 7 nitrogen and oxygen atoms in total. The highest BCUT2D eigenvalue weighted by Gasteiger charge is 2.51. The molecule has 1 aromatic carbocycles. The number of carbonyl (C=O) groups excluding carboxylic acids is 2. The van der Waals surface area contributed by atoms with Crippen LogP contribution < -0.4 is 15.7 Å². The van der Waals surface area contributed by atoms with Crippen molar-refractivity contribution in [2.45, 2.75) is 18.6 Å². The quantitative estimate of drug-likeness (QED) is 0.560. The van der Waals surface area contributed by atoms with E-state index in [0.717, 1.165) is 12.1 Å². The minimum absolute atomic E-state index is 0.0777. The lowest BCUT2D eigenvalue weighted by Gasteiger charge is -2.22. The van der Waals surface area contributed by atoms with Crippen molar-refractivity contribution in [3.05, 3.63) is 53.7 Å². The maximum atomic E-state index is 13.2. The van der Waals surface area contributed by atoms with E-state index < -0.39 is 36.2 Å². The van der Waals surface area contributed by atoms with E-state index in [0.29, 0.717) is 17.2 Å². The van der Waals surface area contributed by atoms with Gasteiger partial charge in [-0.3, -0.25) is 14.6 Å². The van der Waals surface area contributed by atoms with Crippen molar-refractivity contribution in [2.24, 2.45) is 0 Å². The van der Waals surface area contributed by atoms with Crippen LogP contribution >= 0.6 is 7.14 Å². The second kappa shape index (κ2) is 7.65. The predicted octanol–water partition coefficient (Wildman–Crippen LogP) is 1.39. The van der Waals surface area contributed by atoms with Crippen LogP contribution in [0.2, 0.25) is 0 Å². The summed E-state index contributed by atoms with van der Waals surface area (Å²) in [5.74, 6) is -3.37. The van der Waals surface area contributed by atoms with Crippen LogP contribution in [0.1, 0.15) is 12.0 Å². The number of rotatable bonds is 5. The summed E-state index contributed by atoms with van der Waals surface area (Å²) < 4.78 is 38.5. The number of hydrogen-bond acceptors (Lipinski definition) is 5. The highest BCUT2D eigenvalue weighted by molar-refractivity contribution is 7.69. The molecular weight excluding hydrogens is 403 g/mol. The second-order valence-corrected chi connectivity index (χ2v) is 10.4. The van der Waals surface area contributed by atoms with Gasteiger partial charge in [0.15, 0.2) is 0 Å². The Balaban J connectivity index is 1.71. The number of hydrogen-bond donors (Lipinski definition) is 2. The minimum atomic E-state index is -2.55. The first-order valence-electron chi connectivity index (χ1n) is 8.80. The summed E-state index contributed by atoms with van der Waals surface area (Å²) in [7, 11) is -2.55. The zero-order valence-corrected chi connectivity index (χ0v) is 16.7. The van der Waals surface area contributed by atoms with Crippen LogP contribution in [0.4, 0.5) is 14.5 Å². The fourth-order valence-corrected chi connectivity index (χ4v) is 3.83. The maximum absolute atomic E-state index is 13.2. The zero-order valence-electron chi connectivity index (χ0n) is 15.9. The normalized spacial score (nSPS) is 19.5. The van der Waals surface area contributed by atoms with Crippen molar-refractivity contribution < 1.29 is 28.0 Å². The van der Waals surface area contributed by atoms with Gasteiger partial charge in [0.1, 0.15) is 18.8 Å². The van der Waals surface area contributed by atoms with Gasteiger partial charge in [0.2, 0.25) is 5.60 Å². The molecule has 2 heterocycles. The summed E-state index contributed by atoms with van der Waals surface area (Å²) in [6.45, 7) is 2.98. The van der Waals surface area contributed by atoms with Gasteiger partial charge < -0.3 is 19.9 Å². The number of nitrogens with one attached hydrogen (secondary N) is 1. The standard InChI is InChI=1S/C19H20F2N3O4P/c1-29(2,28)16-4-3-15(11-22-16)24-6-5-19(27,18(24)26)17(25)23-10-12-7-13(20)9-14(21)8-12/h3-4,7-9,11,27H,5-6,10H2,1-2H3,(H,23,25)/t19-/m0/s1. The number of carbonyl (C=O) groups is 2. The van der Waals surface area contributed by atoms with Gasteiger partial charge in [-0.15, -0.1) is 0 Å². The van der Waals surface area contributed by atoms with Crippen LogP contribution in [-0.2, 0) is 20.7 Å². The van der Waals surface area contributed by atoms with Crippen molar-refractivity contribution in [3.8, 4) is 0 Å². The first-order valence-corrected chi connectivity index (χ1v) is 11.4. The van der Waals surface area contributed by atoms with Crippen molar-refractivity contribution in [1.82, 2.24) is 10.3 Å². The van der Waals surface area contributed by atoms with E-state index in [1.165, 1.54) is 11.1 Å². The average molecular weight is 423 g/mol. The molecule has 1 fully saturated rings. The first kappa shape index (κ1) is 21.1. The van der Waals surface area contributed by atoms with Gasteiger partial charge in [-0.1, -0.05) is 0 Å². The van der Waals surface area contributed by atoms with Crippen LogP contribution in [-0.4, -0.2) is 47.4 Å². The SMILES string of the molecule is CP(C)(=O)c1ccc(N2CC[C@](O)(C(=O)NCc3cc(F)cc(F)c3)C2=O)cn1. The Morgan fingerprint density at radius 2 is 1.93 bits per heavy atom. The van der Waals surface area contributed by atoms with E-state index in [1.807, 2.05) is 0 Å². The lowest BCUT2D eigenvalue weighted by Crippen LogP contribution is -2.52. The molecule has 1 saturated heterocycles. The number of amides is 2. The van der Waals surface area contributed by atoms with Crippen LogP contribution in [0, 0.1) is 11.6 Å². The number of pyridine rings is 1. The Hall–Kier alpha value is -2.64. The number of aromatic nitrogens is 1. The van der Waals surface area contributed by atoms with Crippen molar-refractivity contribution in [3.63, 3.8) is 0 Å². The highest BCUT2D eigenvalue weighted by atomic mass is 31.2. The summed E-state index contributed by atoms with van der Waals surface area (Å²) in [4.78, 5) is 30.4. The number of anilines is 1. The largest absolute Gasteiger partial charge is 0.372 e. The van der Waals surface area contributed by atoms with Gasteiger partial charge in [0, 0.05) is 25.6 Å². The molecule has 0 bridgehead atoms. The predicted molar refractivity (Wildman–Crippen MR) is 103 cm³/mol. The van der Waals surface area contributed by atoms with Gasteiger partial charge in [-0.25, -0.2) is 8.78 Å². The first-order chi connectivity index (χ1) is 13.5. The van der Waals surface area contributed by atoms with E-state index in [1.54, 1.807) is 25.5 Å². The van der Waals surface area contributed by atoms with Crippen LogP contribution in [0.15, 0.2) is 36.5 Å². The number of nitrogens with zero attached hydrogens (tertiary/aromatic N) is 2. The molecule has 29 heavy (non-hydrogen) atoms. The van der Waals surface area contributed by atoms with Crippen LogP contribution in [0.25, 0.3) is 0 Å². The Bertz CT molecular complexity index is 989. The fourth-order valence-electron chi connectivity index (χ4n) is 3.06. The Kier molecular flexibility index (Phi) is 5.56. The minimum Gasteiger partial charge on any atom is -0.372 e. The summed E-state index contributed by atoms with van der Waals surface area (Å²) in [5, 5.41) is 13.0. The fraction of sp³-hybridized carbons (Fsp3) is 0.316. The van der Waals surface area contributed by atoms with Crippen LogP contribution in [0.5, 0.6) is 0 Å². The third-order valence-corrected chi connectivity index (χ3v) is 6.01. The Morgan fingerprint density at radius 3 is 2.48 bits per heavy atom. The molecule has 1 aliphatic heterocycles. The molecule has 2 amide bonds. The molecule has 0 spiro atoms. The molecule has 0 saturated carbocycles. The second-order valence-electron chi connectivity index (χ2n) is 7.25. The molecule has 0 unspecified atom stereocenters. The molecule has 1 aromatic heterocycles. The Morgan fingerprint density at radius 1 is 1.28 bits per heavy atom. The van der Waals surface area contributed by atoms with Gasteiger partial charge in [-0.2, -0.15) is 0 Å². The van der Waals surface area contributed by atoms with Gasteiger partial charge in [-0.05, 0) is 43.2 Å². The van der Waals surface area contributed by atoms with Crippen LogP contribution in [0.3, 0.4) is 0 Å². The molecule has 1 atom stereocenters. The zero-order chi connectivity index (χ0) is 21.4. The molecule has 0 radical (unpaired) electrons. The summed E-state index contributed by atoms with van der Waals surface area (Å²) in [5.41, 5.74) is -1.37. The summed E-state index contributed by atoms with van der Waals surface area (Å²) >= 11 is 0. The lowest BCUT2D eigenvalue weighted by molar-refractivity contribution is -0.149. The van der Waals surface area contributed by atoms with E-state index in [9.17, 15) is 28.0 Å². The highest BCUT2D eigenvalue weighted by Crippen LogP contribution is 2.34. The monoisotopic (exact) mass is 423 g/mol. The van der Waals surface area contributed by atoms with Gasteiger partial charge >= 0.3 is 0 Å². The molecule has 10 heteroatoms. The molecule has 2 N–H and O–H groups in total. The molecular formula is C19H20F2N3O4P. The van der Waals surface area contributed by atoms with Gasteiger partial charge in [0.25, 0.3) is 11.8 Å². The average Bonchev–Trinajstić information content (AvgIpc) is 2.94. The third-order valence-electron chi connectivity index (χ3n) is 4.64. The van der Waals surface area contributed by atoms with Crippen molar-refractivity contribution in [2.75, 3.05) is 24.8 Å². The van der Waals surface area contributed by atoms with E-state index in [2.05, 4.69) is 10.3 Å². The molecule has 2 aromatic rings. The lowest BCUT2D eigenvalue weighted by atomic mass is 10.0. The van der Waals surface area contributed by atoms with Gasteiger partial charge in [0.05, 0.1) is 17.3 Å². The van der Waals surface area contributed by atoms with E-state index in [4.69, 9.17) is 0 Å². The summed E-state index contributed by atoms with van der Waals surface area (Å²) in [6, 6.07) is 5.89. The molecule has 3 rings (SSSR count). The Labute approximate surface area is 166 Å². The number of aliphatic hydroxyl groups is 1. The van der Waals surface area contributed by atoms with E-state index in [-0.39, 0.29) is 25.1 Å². The number of benzene rings is 1. The molecule has 1 aliphatic rings. The van der Waals surface area contributed by atoms with Crippen molar-refractivity contribution in [1.29, 1.82) is 0 Å². The third kappa shape index (κ3) is 4.36. The van der Waals surface area contributed by atoms with E-state index >= 15 is 0 Å². The topological polar surface area (TPSA) is 99.6 Å². The smallest absolute Gasteiger partial charge is 0.268 e. The summed E-state index contributed by atoms with van der Waals surface area (Å²) in [6.07, 6.45) is 1.21. The maximum Gasteiger partial charge on any atom is 0.268 e.